The maximum Gasteiger partial charge on any atom is 0.130 e. The largest absolute Gasteiger partial charge is 0.493 e. The van der Waals surface area contributed by atoms with E-state index < -0.39 is 0 Å². The third kappa shape index (κ3) is 1.30. The summed E-state index contributed by atoms with van der Waals surface area (Å²) in [6, 6.07) is 4.73. The molecule has 0 aromatic heterocycles. The summed E-state index contributed by atoms with van der Waals surface area (Å²) >= 11 is 0. The van der Waals surface area contributed by atoms with Crippen LogP contribution in [0.1, 0.15) is 17.9 Å². The van der Waals surface area contributed by atoms with Gasteiger partial charge in [0.1, 0.15) is 17.9 Å². The van der Waals surface area contributed by atoms with Gasteiger partial charge in [0.2, 0.25) is 0 Å². The van der Waals surface area contributed by atoms with Crippen LogP contribution in [0.25, 0.3) is 0 Å². The number of rotatable bonds is 2. The van der Waals surface area contributed by atoms with Gasteiger partial charge in [0.25, 0.3) is 0 Å². The van der Waals surface area contributed by atoms with E-state index in [1.807, 2.05) is 0 Å². The molecule has 0 saturated carbocycles. The van der Waals surface area contributed by atoms with Crippen LogP contribution in [0.3, 0.4) is 0 Å². The second-order valence-corrected chi connectivity index (χ2v) is 3.06. The summed E-state index contributed by atoms with van der Waals surface area (Å²) in [5.41, 5.74) is 0.551. The van der Waals surface area contributed by atoms with Crippen molar-refractivity contribution in [1.82, 2.24) is 0 Å². The summed E-state index contributed by atoms with van der Waals surface area (Å²) in [5, 5.41) is 0. The summed E-state index contributed by atoms with van der Waals surface area (Å²) in [5.74, 6) is 0.197. The molecule has 0 amide bonds. The number of carbonyl (C=O) groups is 1. The maximum absolute atomic E-state index is 13.3. The number of fused-ring (bicyclic) bond motifs is 1. The van der Waals surface area contributed by atoms with Gasteiger partial charge in [0.15, 0.2) is 0 Å². The molecule has 0 N–H and O–H groups in total. The van der Waals surface area contributed by atoms with Crippen molar-refractivity contribution in [3.8, 4) is 5.75 Å². The molecule has 0 fully saturated rings. The van der Waals surface area contributed by atoms with Crippen molar-refractivity contribution in [2.45, 2.75) is 12.3 Å². The average Bonchev–Trinajstić information content (AvgIpc) is 2.51. The Balaban J connectivity index is 2.39. The lowest BCUT2D eigenvalue weighted by Gasteiger charge is -2.03. The second-order valence-electron chi connectivity index (χ2n) is 3.06. The zero-order valence-electron chi connectivity index (χ0n) is 7.00. The van der Waals surface area contributed by atoms with Gasteiger partial charge < -0.3 is 9.53 Å². The van der Waals surface area contributed by atoms with Crippen LogP contribution in [-0.2, 0) is 4.79 Å². The van der Waals surface area contributed by atoms with Gasteiger partial charge in [0.05, 0.1) is 6.61 Å². The third-order valence-corrected chi connectivity index (χ3v) is 2.24. The highest BCUT2D eigenvalue weighted by molar-refractivity contribution is 5.54. The fraction of sp³-hybridized carbons (Fsp3) is 0.300. The minimum Gasteiger partial charge on any atom is -0.493 e. The quantitative estimate of drug-likeness (QED) is 0.649. The number of hydrogen-bond donors (Lipinski definition) is 0. The Labute approximate surface area is 75.3 Å². The first-order valence-corrected chi connectivity index (χ1v) is 4.17. The average molecular weight is 180 g/mol. The fourth-order valence-electron chi connectivity index (χ4n) is 1.62. The van der Waals surface area contributed by atoms with Crippen molar-refractivity contribution in [3.05, 3.63) is 29.6 Å². The molecule has 1 heterocycles. The Morgan fingerprint density at radius 2 is 2.46 bits per heavy atom. The van der Waals surface area contributed by atoms with Crippen molar-refractivity contribution < 1.29 is 13.9 Å². The Hall–Kier alpha value is -1.38. The molecular weight excluding hydrogens is 171 g/mol. The molecule has 1 unspecified atom stereocenters. The summed E-state index contributed by atoms with van der Waals surface area (Å²) < 4.78 is 18.5. The molecular formula is C10H9FO2. The van der Waals surface area contributed by atoms with E-state index in [4.69, 9.17) is 4.74 Å². The number of ether oxygens (including phenoxy) is 1. The molecule has 0 aliphatic carbocycles. The molecule has 1 aromatic carbocycles. The minimum absolute atomic E-state index is 0.103. The lowest BCUT2D eigenvalue weighted by molar-refractivity contribution is -0.108. The van der Waals surface area contributed by atoms with E-state index in [1.165, 1.54) is 6.07 Å². The molecule has 1 aliphatic heterocycles. The van der Waals surface area contributed by atoms with E-state index in [2.05, 4.69) is 0 Å². The number of halogens is 1. The van der Waals surface area contributed by atoms with Crippen LogP contribution in [0.4, 0.5) is 4.39 Å². The predicted molar refractivity (Wildman–Crippen MR) is 45.3 cm³/mol. The second kappa shape index (κ2) is 3.17. The van der Waals surface area contributed by atoms with Gasteiger partial charge in [0, 0.05) is 17.9 Å². The van der Waals surface area contributed by atoms with Crippen molar-refractivity contribution in [2.24, 2.45) is 0 Å². The van der Waals surface area contributed by atoms with E-state index in [-0.39, 0.29) is 11.7 Å². The van der Waals surface area contributed by atoms with Crippen molar-refractivity contribution in [3.63, 3.8) is 0 Å². The topological polar surface area (TPSA) is 26.3 Å². The third-order valence-electron chi connectivity index (χ3n) is 2.24. The molecule has 68 valence electrons. The molecule has 1 aliphatic rings. The zero-order valence-corrected chi connectivity index (χ0v) is 7.00. The molecule has 0 bridgehead atoms. The first-order chi connectivity index (χ1) is 6.33. The molecule has 1 aromatic rings. The van der Waals surface area contributed by atoms with E-state index in [1.54, 1.807) is 12.1 Å². The highest BCUT2D eigenvalue weighted by Crippen LogP contribution is 2.36. The lowest BCUT2D eigenvalue weighted by Crippen LogP contribution is -2.02. The number of benzene rings is 1. The Morgan fingerprint density at radius 3 is 3.23 bits per heavy atom. The number of aldehydes is 1. The van der Waals surface area contributed by atoms with Gasteiger partial charge in [-0.25, -0.2) is 4.39 Å². The summed E-state index contributed by atoms with van der Waals surface area (Å²) in [4.78, 5) is 10.3. The van der Waals surface area contributed by atoms with Crippen LogP contribution < -0.4 is 4.74 Å². The Bertz CT molecular complexity index is 336. The molecule has 0 radical (unpaired) electrons. The molecule has 2 rings (SSSR count). The first kappa shape index (κ1) is 8.23. The predicted octanol–water partition coefficient (Wildman–Crippen LogP) is 1.89. The van der Waals surface area contributed by atoms with E-state index in [0.29, 0.717) is 24.3 Å². The van der Waals surface area contributed by atoms with Gasteiger partial charge in [-0.1, -0.05) is 6.07 Å². The van der Waals surface area contributed by atoms with Gasteiger partial charge in [-0.05, 0) is 12.1 Å². The summed E-state index contributed by atoms with van der Waals surface area (Å²) in [6.45, 7) is 0.412. The van der Waals surface area contributed by atoms with Crippen LogP contribution in [0, 0.1) is 5.82 Å². The van der Waals surface area contributed by atoms with Crippen LogP contribution in [-0.4, -0.2) is 12.9 Å². The van der Waals surface area contributed by atoms with Crippen LogP contribution in [0.5, 0.6) is 5.75 Å². The Morgan fingerprint density at radius 1 is 1.62 bits per heavy atom. The van der Waals surface area contributed by atoms with Gasteiger partial charge in [-0.2, -0.15) is 0 Å². The van der Waals surface area contributed by atoms with Gasteiger partial charge in [-0.3, -0.25) is 0 Å². The standard InChI is InChI=1S/C10H9FO2/c11-8-2-1-3-9-10(8)7(4-5-12)6-13-9/h1-3,5,7H,4,6H2. The highest BCUT2D eigenvalue weighted by Gasteiger charge is 2.26. The zero-order chi connectivity index (χ0) is 9.26. The van der Waals surface area contributed by atoms with Crippen molar-refractivity contribution >= 4 is 6.29 Å². The molecule has 0 spiro atoms. The SMILES string of the molecule is O=CCC1COc2cccc(F)c21. The first-order valence-electron chi connectivity index (χ1n) is 4.17. The molecule has 2 nitrogen and oxygen atoms in total. The normalized spacial score (nSPS) is 19.3. The summed E-state index contributed by atoms with van der Waals surface area (Å²) in [7, 11) is 0. The molecule has 3 heteroatoms. The maximum atomic E-state index is 13.3. The van der Waals surface area contributed by atoms with Crippen LogP contribution in [0.2, 0.25) is 0 Å². The number of carbonyl (C=O) groups excluding carboxylic acids is 1. The van der Waals surface area contributed by atoms with Crippen molar-refractivity contribution in [1.29, 1.82) is 0 Å². The van der Waals surface area contributed by atoms with Crippen molar-refractivity contribution in [2.75, 3.05) is 6.61 Å². The smallest absolute Gasteiger partial charge is 0.130 e. The minimum atomic E-state index is -0.276. The van der Waals surface area contributed by atoms with Gasteiger partial charge >= 0.3 is 0 Å². The Kier molecular flexibility index (Phi) is 2.00. The lowest BCUT2D eigenvalue weighted by atomic mass is 9.98. The number of hydrogen-bond acceptors (Lipinski definition) is 2. The fourth-order valence-corrected chi connectivity index (χ4v) is 1.62. The van der Waals surface area contributed by atoms with E-state index in [0.717, 1.165) is 6.29 Å². The highest BCUT2D eigenvalue weighted by atomic mass is 19.1. The van der Waals surface area contributed by atoms with Crippen LogP contribution >= 0.6 is 0 Å². The van der Waals surface area contributed by atoms with Crippen LogP contribution in [0.15, 0.2) is 18.2 Å². The summed E-state index contributed by atoms with van der Waals surface area (Å²) in [6.07, 6.45) is 1.13. The molecule has 1 atom stereocenters. The van der Waals surface area contributed by atoms with Gasteiger partial charge in [-0.15, -0.1) is 0 Å². The van der Waals surface area contributed by atoms with E-state index in [9.17, 15) is 9.18 Å². The molecule has 13 heavy (non-hydrogen) atoms. The molecule has 0 saturated heterocycles. The monoisotopic (exact) mass is 180 g/mol. The van der Waals surface area contributed by atoms with E-state index >= 15 is 0 Å².